The third-order valence-corrected chi connectivity index (χ3v) is 2.71. The molecule has 5 nitrogen and oxygen atoms in total. The first-order valence-corrected chi connectivity index (χ1v) is 4.45. The molecule has 0 spiro atoms. The van der Waals surface area contributed by atoms with E-state index in [4.69, 9.17) is 26.7 Å². The van der Waals surface area contributed by atoms with Crippen molar-refractivity contribution in [3.05, 3.63) is 0 Å². The van der Waals surface area contributed by atoms with Crippen LogP contribution in [0, 0.1) is 0 Å². The summed E-state index contributed by atoms with van der Waals surface area (Å²) in [5.74, 6) is -0.190. The molecule has 6 heteroatoms. The summed E-state index contributed by atoms with van der Waals surface area (Å²) in [5, 5.41) is 0. The molecule has 1 rings (SSSR count). The van der Waals surface area contributed by atoms with E-state index < -0.39 is 6.29 Å². The van der Waals surface area contributed by atoms with Gasteiger partial charge in [0.2, 0.25) is 0 Å². The van der Waals surface area contributed by atoms with E-state index in [-0.39, 0.29) is 24.0 Å². The maximum Gasteiger partial charge on any atom is 0.174 e. The van der Waals surface area contributed by atoms with Crippen LogP contribution in [0.4, 0.5) is 0 Å². The van der Waals surface area contributed by atoms with Gasteiger partial charge in [-0.05, 0) is 0 Å². The van der Waals surface area contributed by atoms with E-state index >= 15 is 0 Å². The fraction of sp³-hybridized carbons (Fsp3) is 1.00. The predicted molar refractivity (Wildman–Crippen MR) is 49.3 cm³/mol. The van der Waals surface area contributed by atoms with Gasteiger partial charge in [-0.25, -0.2) is 0 Å². The summed E-state index contributed by atoms with van der Waals surface area (Å²) in [7, 11) is 4.01. The van der Waals surface area contributed by atoms with Gasteiger partial charge >= 0.3 is 0 Å². The van der Waals surface area contributed by atoms with E-state index in [1.807, 2.05) is 0 Å². The molecule has 0 aromatic heterocycles. The van der Waals surface area contributed by atoms with Crippen molar-refractivity contribution in [2.24, 2.45) is 17.2 Å². The molecule has 0 amide bonds. The fourth-order valence-corrected chi connectivity index (χ4v) is 1.62. The molecule has 6 unspecified atom stereocenters. The first-order chi connectivity index (χ1) is 5.57. The van der Waals surface area contributed by atoms with Crippen LogP contribution in [0.2, 0.25) is 0 Å². The van der Waals surface area contributed by atoms with Crippen LogP contribution in [-0.4, -0.2) is 37.4 Å². The van der Waals surface area contributed by atoms with Crippen LogP contribution in [0.5, 0.6) is 0 Å². The molecule has 0 aromatic carbocycles. The molecule has 6 N–H and O–H groups in total. The fourth-order valence-electron chi connectivity index (χ4n) is 1.21. The SMILES string of the molecule is COC1OC(P)C(N)C(N)C1N. The van der Waals surface area contributed by atoms with Crippen LogP contribution in [0.1, 0.15) is 0 Å². The minimum atomic E-state index is -0.456. The first kappa shape index (κ1) is 10.3. The highest BCUT2D eigenvalue weighted by atomic mass is 31.0. The van der Waals surface area contributed by atoms with Crippen LogP contribution in [0.25, 0.3) is 0 Å². The summed E-state index contributed by atoms with van der Waals surface area (Å²) in [6.07, 6.45) is -0.456. The Hall–Kier alpha value is 0.230. The smallest absolute Gasteiger partial charge is 0.174 e. The normalized spacial score (nSPS) is 49.2. The molecule has 1 aliphatic heterocycles. The van der Waals surface area contributed by atoms with E-state index in [0.717, 1.165) is 0 Å². The second-order valence-electron chi connectivity index (χ2n) is 2.94. The average Bonchev–Trinajstić information content (AvgIpc) is 2.08. The third-order valence-electron chi connectivity index (χ3n) is 2.11. The molecule has 1 aliphatic rings. The van der Waals surface area contributed by atoms with Gasteiger partial charge < -0.3 is 26.7 Å². The minimum Gasteiger partial charge on any atom is -0.354 e. The van der Waals surface area contributed by atoms with Crippen molar-refractivity contribution in [2.45, 2.75) is 30.3 Å². The summed E-state index contributed by atoms with van der Waals surface area (Å²) < 4.78 is 10.3. The second kappa shape index (κ2) is 3.96. The zero-order chi connectivity index (χ0) is 9.30. The van der Waals surface area contributed by atoms with E-state index in [9.17, 15) is 0 Å². The van der Waals surface area contributed by atoms with Gasteiger partial charge in [0.1, 0.15) is 0 Å². The van der Waals surface area contributed by atoms with Crippen molar-refractivity contribution in [3.8, 4) is 0 Å². The van der Waals surface area contributed by atoms with E-state index in [2.05, 4.69) is 9.24 Å². The maximum absolute atomic E-state index is 5.75. The van der Waals surface area contributed by atoms with Crippen LogP contribution in [-0.2, 0) is 9.47 Å². The van der Waals surface area contributed by atoms with Crippen LogP contribution in [0.3, 0.4) is 0 Å². The molecule has 72 valence electrons. The second-order valence-corrected chi connectivity index (χ2v) is 3.59. The number of rotatable bonds is 1. The lowest BCUT2D eigenvalue weighted by molar-refractivity contribution is -0.175. The Morgan fingerprint density at radius 1 is 1.17 bits per heavy atom. The molecule has 0 saturated carbocycles. The lowest BCUT2D eigenvalue weighted by atomic mass is 9.99. The van der Waals surface area contributed by atoms with Gasteiger partial charge in [0.25, 0.3) is 0 Å². The molecule has 6 atom stereocenters. The predicted octanol–water partition coefficient (Wildman–Crippen LogP) is -1.83. The largest absolute Gasteiger partial charge is 0.354 e. The number of ether oxygens (including phenoxy) is 2. The Balaban J connectivity index is 2.63. The molecule has 0 aliphatic carbocycles. The van der Waals surface area contributed by atoms with E-state index in [1.165, 1.54) is 7.11 Å². The quantitative estimate of drug-likeness (QED) is 0.426. The molecule has 1 saturated heterocycles. The van der Waals surface area contributed by atoms with Gasteiger partial charge in [0.05, 0.1) is 17.9 Å². The molecule has 0 radical (unpaired) electrons. The van der Waals surface area contributed by atoms with Crippen molar-refractivity contribution < 1.29 is 9.47 Å². The average molecular weight is 193 g/mol. The molecule has 0 bridgehead atoms. The third kappa shape index (κ3) is 1.76. The number of hydrogen-bond acceptors (Lipinski definition) is 5. The van der Waals surface area contributed by atoms with E-state index in [1.54, 1.807) is 0 Å². The van der Waals surface area contributed by atoms with Crippen molar-refractivity contribution in [3.63, 3.8) is 0 Å². The molecular weight excluding hydrogens is 177 g/mol. The number of methoxy groups -OCH3 is 1. The van der Waals surface area contributed by atoms with Gasteiger partial charge in [0, 0.05) is 13.2 Å². The van der Waals surface area contributed by atoms with Crippen molar-refractivity contribution in [1.29, 1.82) is 0 Å². The molecule has 0 aromatic rings. The van der Waals surface area contributed by atoms with Crippen LogP contribution >= 0.6 is 9.24 Å². The summed E-state index contributed by atoms with van der Waals surface area (Å²) in [6.45, 7) is 0. The summed E-state index contributed by atoms with van der Waals surface area (Å²) in [5.41, 5.74) is 17.2. The first-order valence-electron chi connectivity index (χ1n) is 3.78. The Bertz CT molecular complexity index is 155. The summed E-state index contributed by atoms with van der Waals surface area (Å²) >= 11 is 0. The van der Waals surface area contributed by atoms with Gasteiger partial charge in [-0.1, -0.05) is 0 Å². The molecule has 1 heterocycles. The Morgan fingerprint density at radius 3 is 2.25 bits per heavy atom. The van der Waals surface area contributed by atoms with Gasteiger partial charge in [-0.3, -0.25) is 0 Å². The lowest BCUT2D eigenvalue weighted by Crippen LogP contribution is -2.66. The highest BCUT2D eigenvalue weighted by molar-refractivity contribution is 7.17. The maximum atomic E-state index is 5.75. The Morgan fingerprint density at radius 2 is 1.75 bits per heavy atom. The van der Waals surface area contributed by atoms with Gasteiger partial charge in [0.15, 0.2) is 6.29 Å². The summed E-state index contributed by atoms with van der Waals surface area (Å²) in [4.78, 5) is 0. The zero-order valence-corrected chi connectivity index (χ0v) is 8.17. The summed E-state index contributed by atoms with van der Waals surface area (Å²) in [6, 6.07) is -0.899. The zero-order valence-electron chi connectivity index (χ0n) is 7.01. The topological polar surface area (TPSA) is 96.5 Å². The van der Waals surface area contributed by atoms with Gasteiger partial charge in [-0.15, -0.1) is 9.24 Å². The Kier molecular flexibility index (Phi) is 3.40. The van der Waals surface area contributed by atoms with Crippen LogP contribution in [0.15, 0.2) is 0 Å². The van der Waals surface area contributed by atoms with Crippen LogP contribution < -0.4 is 17.2 Å². The minimum absolute atomic E-state index is 0.190. The van der Waals surface area contributed by atoms with Crippen molar-refractivity contribution in [2.75, 3.05) is 7.11 Å². The monoisotopic (exact) mass is 193 g/mol. The molecule has 12 heavy (non-hydrogen) atoms. The van der Waals surface area contributed by atoms with Crippen molar-refractivity contribution >= 4 is 9.24 Å². The highest BCUT2D eigenvalue weighted by Gasteiger charge is 2.38. The Labute approximate surface area is 74.1 Å². The molecular formula is C6H16N3O2P. The number of nitrogens with two attached hydrogens (primary N) is 3. The molecule has 1 fully saturated rings. The highest BCUT2D eigenvalue weighted by Crippen LogP contribution is 2.21. The van der Waals surface area contributed by atoms with E-state index in [0.29, 0.717) is 0 Å². The lowest BCUT2D eigenvalue weighted by Gasteiger charge is -2.40. The van der Waals surface area contributed by atoms with Gasteiger partial charge in [-0.2, -0.15) is 0 Å². The number of hydrogen-bond donors (Lipinski definition) is 3. The standard InChI is InChI=1S/C6H16N3O2P/c1-10-5-3(8)2(7)4(9)6(12)11-5/h2-6H,7-9,12H2,1H3. The van der Waals surface area contributed by atoms with Crippen molar-refractivity contribution in [1.82, 2.24) is 0 Å².